The van der Waals surface area contributed by atoms with Gasteiger partial charge in [0.2, 0.25) is 0 Å². The van der Waals surface area contributed by atoms with Gasteiger partial charge in [0.1, 0.15) is 25.3 Å². The highest BCUT2D eigenvalue weighted by atomic mass is 35.5. The molecule has 0 amide bonds. The smallest absolute Gasteiger partial charge is 0.137 e. The number of rotatable bonds is 8. The fourth-order valence-corrected chi connectivity index (χ4v) is 2.81. The molecule has 0 unspecified atom stereocenters. The summed E-state index contributed by atoms with van der Waals surface area (Å²) < 4.78 is 3.62. The van der Waals surface area contributed by atoms with Gasteiger partial charge in [0.15, 0.2) is 0 Å². The van der Waals surface area contributed by atoms with Gasteiger partial charge in [0, 0.05) is 29.7 Å². The number of hydrogen-bond donors (Lipinski definition) is 0. The van der Waals surface area contributed by atoms with E-state index < -0.39 is 0 Å². The lowest BCUT2D eigenvalue weighted by atomic mass is 10.2. The quantitative estimate of drug-likeness (QED) is 0.613. The molecular weight excluding hydrogens is 349 g/mol. The molecule has 0 radical (unpaired) electrons. The molecule has 0 saturated carbocycles. The van der Waals surface area contributed by atoms with Crippen molar-refractivity contribution in [3.05, 3.63) is 59.1 Å². The van der Waals surface area contributed by atoms with Gasteiger partial charge in [-0.15, -0.1) is 0 Å². The summed E-state index contributed by atoms with van der Waals surface area (Å²) in [5, 5.41) is 9.60. The van der Waals surface area contributed by atoms with Gasteiger partial charge in [-0.3, -0.25) is 14.3 Å². The molecule has 2 heterocycles. The van der Waals surface area contributed by atoms with Crippen LogP contribution in [0.5, 0.6) is 0 Å². The molecule has 7 nitrogen and oxygen atoms in total. The molecule has 3 aromatic rings. The van der Waals surface area contributed by atoms with Gasteiger partial charge >= 0.3 is 0 Å². The highest BCUT2D eigenvalue weighted by Crippen LogP contribution is 2.22. The van der Waals surface area contributed by atoms with Crippen LogP contribution in [0.3, 0.4) is 0 Å². The summed E-state index contributed by atoms with van der Waals surface area (Å²) in [7, 11) is 0. The highest BCUT2D eigenvalue weighted by molar-refractivity contribution is 6.35. The Bertz CT molecular complexity index is 705. The average molecular weight is 366 g/mol. The van der Waals surface area contributed by atoms with Crippen LogP contribution < -0.4 is 0 Å². The second-order valence-corrected chi connectivity index (χ2v) is 6.17. The Balaban J connectivity index is 1.65. The van der Waals surface area contributed by atoms with Gasteiger partial charge in [0.05, 0.1) is 13.1 Å². The summed E-state index contributed by atoms with van der Waals surface area (Å²) in [4.78, 5) is 10.2. The molecule has 1 aromatic carbocycles. The molecule has 0 atom stereocenters. The average Bonchev–Trinajstić information content (AvgIpc) is 3.26. The predicted octanol–water partition coefficient (Wildman–Crippen LogP) is 2.38. The van der Waals surface area contributed by atoms with Crippen LogP contribution in [0.15, 0.2) is 43.5 Å². The first kappa shape index (κ1) is 16.9. The van der Waals surface area contributed by atoms with Crippen LogP contribution >= 0.6 is 23.2 Å². The van der Waals surface area contributed by atoms with E-state index in [1.807, 2.05) is 21.5 Å². The number of hydrogen-bond acceptors (Lipinski definition) is 5. The van der Waals surface area contributed by atoms with E-state index in [1.54, 1.807) is 18.7 Å². The van der Waals surface area contributed by atoms with E-state index in [0.29, 0.717) is 10.0 Å². The molecule has 0 N–H and O–H groups in total. The summed E-state index contributed by atoms with van der Waals surface area (Å²) in [5.41, 5.74) is 1.04. The minimum atomic E-state index is 0.639. The van der Waals surface area contributed by atoms with Gasteiger partial charge in [-0.25, -0.2) is 9.97 Å². The minimum Gasteiger partial charge on any atom is -0.295 e. The van der Waals surface area contributed by atoms with Crippen LogP contribution in [0.2, 0.25) is 10.0 Å². The molecule has 24 heavy (non-hydrogen) atoms. The second kappa shape index (κ2) is 8.23. The maximum absolute atomic E-state index is 6.31. The first-order chi connectivity index (χ1) is 11.7. The van der Waals surface area contributed by atoms with Crippen LogP contribution in [0.4, 0.5) is 0 Å². The van der Waals surface area contributed by atoms with Gasteiger partial charge in [-0.1, -0.05) is 29.3 Å². The molecule has 0 aliphatic carbocycles. The predicted molar refractivity (Wildman–Crippen MR) is 91.8 cm³/mol. The van der Waals surface area contributed by atoms with E-state index in [0.717, 1.165) is 38.3 Å². The van der Waals surface area contributed by atoms with Crippen molar-refractivity contribution in [1.29, 1.82) is 0 Å². The molecule has 0 spiro atoms. The number of aromatic nitrogens is 6. The molecule has 0 saturated heterocycles. The first-order valence-electron chi connectivity index (χ1n) is 7.52. The van der Waals surface area contributed by atoms with Crippen molar-refractivity contribution < 1.29 is 0 Å². The molecule has 0 fully saturated rings. The number of nitrogens with zero attached hydrogens (tertiary/aromatic N) is 7. The number of benzene rings is 1. The zero-order chi connectivity index (χ0) is 16.8. The van der Waals surface area contributed by atoms with Crippen LogP contribution in [-0.2, 0) is 19.6 Å². The molecule has 0 aliphatic rings. The van der Waals surface area contributed by atoms with E-state index in [1.165, 1.54) is 12.7 Å². The Morgan fingerprint density at radius 1 is 0.917 bits per heavy atom. The molecule has 2 aromatic heterocycles. The Hall–Kier alpha value is -1.96. The Morgan fingerprint density at radius 2 is 1.54 bits per heavy atom. The molecular formula is C15H17Cl2N7. The normalized spacial score (nSPS) is 11.3. The minimum absolute atomic E-state index is 0.639. The summed E-state index contributed by atoms with van der Waals surface area (Å²) in [5.74, 6) is 0. The summed E-state index contributed by atoms with van der Waals surface area (Å²) in [6.07, 6.45) is 6.50. The fourth-order valence-electron chi connectivity index (χ4n) is 2.34. The first-order valence-corrected chi connectivity index (χ1v) is 8.27. The van der Waals surface area contributed by atoms with Crippen molar-refractivity contribution in [2.75, 3.05) is 13.1 Å². The van der Waals surface area contributed by atoms with Crippen molar-refractivity contribution in [1.82, 2.24) is 34.4 Å². The SMILES string of the molecule is Clc1ccc(CN(CCn2cncn2)CCn2cncn2)c(Cl)c1. The molecule has 3 rings (SSSR count). The maximum atomic E-state index is 6.31. The van der Waals surface area contributed by atoms with E-state index in [2.05, 4.69) is 25.1 Å². The van der Waals surface area contributed by atoms with Crippen LogP contribution in [0.1, 0.15) is 5.56 Å². The topological polar surface area (TPSA) is 64.7 Å². The van der Waals surface area contributed by atoms with Gasteiger partial charge in [-0.2, -0.15) is 10.2 Å². The lowest BCUT2D eigenvalue weighted by Crippen LogP contribution is -2.31. The third-order valence-electron chi connectivity index (χ3n) is 3.63. The highest BCUT2D eigenvalue weighted by Gasteiger charge is 2.10. The molecule has 126 valence electrons. The van der Waals surface area contributed by atoms with Crippen LogP contribution in [0, 0.1) is 0 Å². The van der Waals surface area contributed by atoms with Crippen LogP contribution in [-0.4, -0.2) is 47.5 Å². The third kappa shape index (κ3) is 4.77. The van der Waals surface area contributed by atoms with E-state index in [4.69, 9.17) is 23.2 Å². The van der Waals surface area contributed by atoms with Crippen molar-refractivity contribution in [3.63, 3.8) is 0 Å². The Morgan fingerprint density at radius 3 is 2.04 bits per heavy atom. The zero-order valence-electron chi connectivity index (χ0n) is 13.0. The monoisotopic (exact) mass is 365 g/mol. The van der Waals surface area contributed by atoms with E-state index in [-0.39, 0.29) is 0 Å². The van der Waals surface area contributed by atoms with Gasteiger partial charge < -0.3 is 0 Å². The number of halogens is 2. The third-order valence-corrected chi connectivity index (χ3v) is 4.22. The summed E-state index contributed by atoms with van der Waals surface area (Å²) >= 11 is 12.3. The summed E-state index contributed by atoms with van der Waals surface area (Å²) in [6.45, 7) is 3.86. The van der Waals surface area contributed by atoms with Gasteiger partial charge in [-0.05, 0) is 17.7 Å². The Kier molecular flexibility index (Phi) is 5.79. The molecule has 0 aliphatic heterocycles. The van der Waals surface area contributed by atoms with Gasteiger partial charge in [0.25, 0.3) is 0 Å². The fraction of sp³-hybridized carbons (Fsp3) is 0.333. The zero-order valence-corrected chi connectivity index (χ0v) is 14.5. The van der Waals surface area contributed by atoms with Crippen molar-refractivity contribution in [2.45, 2.75) is 19.6 Å². The molecule has 0 bridgehead atoms. The Labute approximate surface area is 149 Å². The second-order valence-electron chi connectivity index (χ2n) is 5.33. The molecule has 9 heteroatoms. The largest absolute Gasteiger partial charge is 0.295 e. The standard InChI is InChI=1S/C15H17Cl2N7/c16-14-2-1-13(15(17)7-14)8-22(3-5-23-11-18-9-20-23)4-6-24-12-19-10-21-24/h1-2,7,9-12H,3-6,8H2. The maximum Gasteiger partial charge on any atom is 0.137 e. The van der Waals surface area contributed by atoms with E-state index in [9.17, 15) is 0 Å². The lowest BCUT2D eigenvalue weighted by molar-refractivity contribution is 0.237. The van der Waals surface area contributed by atoms with Crippen molar-refractivity contribution >= 4 is 23.2 Å². The van der Waals surface area contributed by atoms with Crippen molar-refractivity contribution in [2.24, 2.45) is 0 Å². The summed E-state index contributed by atoms with van der Waals surface area (Å²) in [6, 6.07) is 5.59. The van der Waals surface area contributed by atoms with Crippen LogP contribution in [0.25, 0.3) is 0 Å². The lowest BCUT2D eigenvalue weighted by Gasteiger charge is -2.23. The van der Waals surface area contributed by atoms with E-state index >= 15 is 0 Å². The van der Waals surface area contributed by atoms with Crippen molar-refractivity contribution in [3.8, 4) is 0 Å².